The molecule has 0 aliphatic heterocycles. The summed E-state index contributed by atoms with van der Waals surface area (Å²) in [5, 5.41) is 10.8. The summed E-state index contributed by atoms with van der Waals surface area (Å²) in [5.74, 6) is -0.833. The van der Waals surface area contributed by atoms with Crippen LogP contribution < -0.4 is 0 Å². The number of carboxylic acid groups (broad SMARTS) is 1. The predicted octanol–water partition coefficient (Wildman–Crippen LogP) is 2.72. The summed E-state index contributed by atoms with van der Waals surface area (Å²) in [6.07, 6.45) is 0. The van der Waals surface area contributed by atoms with Crippen molar-refractivity contribution < 1.29 is 9.90 Å². The SMILES string of the molecule is CC(=O)O.[N-]=[N+]=Nc1ccccc1. The number of rotatable bonds is 1. The van der Waals surface area contributed by atoms with Gasteiger partial charge in [-0.25, -0.2) is 0 Å². The van der Waals surface area contributed by atoms with Crippen LogP contribution in [0.5, 0.6) is 0 Å². The van der Waals surface area contributed by atoms with E-state index in [9.17, 15) is 0 Å². The van der Waals surface area contributed by atoms with Gasteiger partial charge in [0.25, 0.3) is 5.97 Å². The molecule has 0 aromatic heterocycles. The number of azide groups is 1. The van der Waals surface area contributed by atoms with Crippen LogP contribution >= 0.6 is 0 Å². The van der Waals surface area contributed by atoms with Crippen molar-refractivity contribution in [3.05, 3.63) is 40.8 Å². The summed E-state index contributed by atoms with van der Waals surface area (Å²) < 4.78 is 0. The summed E-state index contributed by atoms with van der Waals surface area (Å²) in [6.45, 7) is 1.08. The maximum absolute atomic E-state index is 9.00. The average molecular weight is 179 g/mol. The van der Waals surface area contributed by atoms with Gasteiger partial charge in [0.05, 0.1) is 0 Å². The van der Waals surface area contributed by atoms with Gasteiger partial charge < -0.3 is 5.11 Å². The molecular weight excluding hydrogens is 170 g/mol. The van der Waals surface area contributed by atoms with Gasteiger partial charge in [0, 0.05) is 17.5 Å². The molecule has 1 aromatic carbocycles. The molecule has 0 unspecified atom stereocenters. The molecule has 5 nitrogen and oxygen atoms in total. The Kier molecular flexibility index (Phi) is 5.66. The van der Waals surface area contributed by atoms with E-state index in [-0.39, 0.29) is 0 Å². The zero-order valence-electron chi connectivity index (χ0n) is 7.08. The number of benzene rings is 1. The standard InChI is InChI=1S/C6H5N3.C2H4O2/c7-9-8-6-4-2-1-3-5-6;1-2(3)4/h1-5H;1H3,(H,3,4). The van der Waals surface area contributed by atoms with Gasteiger partial charge in [-0.3, -0.25) is 4.79 Å². The first-order valence-electron chi connectivity index (χ1n) is 3.46. The second-order valence-electron chi connectivity index (χ2n) is 2.04. The van der Waals surface area contributed by atoms with Crippen LogP contribution in [0.15, 0.2) is 35.4 Å². The number of aliphatic carboxylic acids is 1. The van der Waals surface area contributed by atoms with E-state index in [1.165, 1.54) is 0 Å². The Labute approximate surface area is 75.3 Å². The molecule has 0 fully saturated rings. The molecule has 1 aromatic rings. The maximum Gasteiger partial charge on any atom is 0.300 e. The molecule has 5 heteroatoms. The fourth-order valence-electron chi connectivity index (χ4n) is 0.546. The lowest BCUT2D eigenvalue weighted by Gasteiger charge is -1.83. The van der Waals surface area contributed by atoms with E-state index in [1.807, 2.05) is 18.2 Å². The predicted molar refractivity (Wildman–Crippen MR) is 48.6 cm³/mol. The highest BCUT2D eigenvalue weighted by Crippen LogP contribution is 2.08. The minimum atomic E-state index is -0.833. The van der Waals surface area contributed by atoms with Gasteiger partial charge in [-0.05, 0) is 5.53 Å². The van der Waals surface area contributed by atoms with Gasteiger partial charge in [0.1, 0.15) is 0 Å². The molecule has 0 aliphatic rings. The molecule has 0 amide bonds. The Morgan fingerprint density at radius 2 is 1.92 bits per heavy atom. The van der Waals surface area contributed by atoms with Crippen molar-refractivity contribution in [2.75, 3.05) is 0 Å². The number of nitrogens with zero attached hydrogens (tertiary/aromatic N) is 3. The lowest BCUT2D eigenvalue weighted by molar-refractivity contribution is -0.134. The molecule has 1 rings (SSSR count). The van der Waals surface area contributed by atoms with Crippen molar-refractivity contribution in [3.63, 3.8) is 0 Å². The molecule has 0 aliphatic carbocycles. The summed E-state index contributed by atoms with van der Waals surface area (Å²) >= 11 is 0. The highest BCUT2D eigenvalue weighted by Gasteiger charge is 1.78. The first-order valence-corrected chi connectivity index (χ1v) is 3.46. The molecular formula is C8H9N3O2. The Morgan fingerprint density at radius 1 is 1.46 bits per heavy atom. The molecule has 0 saturated heterocycles. The van der Waals surface area contributed by atoms with Gasteiger partial charge in [0.15, 0.2) is 0 Å². The molecule has 0 atom stereocenters. The van der Waals surface area contributed by atoms with Crippen molar-refractivity contribution in [2.24, 2.45) is 5.11 Å². The molecule has 0 spiro atoms. The van der Waals surface area contributed by atoms with Crippen molar-refractivity contribution in [3.8, 4) is 0 Å². The first-order chi connectivity index (χ1) is 6.16. The van der Waals surface area contributed by atoms with Crippen LogP contribution in [-0.2, 0) is 4.79 Å². The smallest absolute Gasteiger partial charge is 0.300 e. The van der Waals surface area contributed by atoms with E-state index in [0.717, 1.165) is 6.92 Å². The number of carbonyl (C=O) groups is 1. The zero-order valence-corrected chi connectivity index (χ0v) is 7.08. The maximum atomic E-state index is 9.00. The third-order valence-electron chi connectivity index (χ3n) is 0.916. The van der Waals surface area contributed by atoms with Crippen molar-refractivity contribution >= 4 is 11.7 Å². The van der Waals surface area contributed by atoms with Crippen molar-refractivity contribution in [2.45, 2.75) is 6.92 Å². The van der Waals surface area contributed by atoms with Crippen LogP contribution in [0.2, 0.25) is 0 Å². The fourth-order valence-corrected chi connectivity index (χ4v) is 0.546. The molecule has 0 heterocycles. The second kappa shape index (κ2) is 6.69. The highest BCUT2D eigenvalue weighted by molar-refractivity contribution is 5.62. The van der Waals surface area contributed by atoms with E-state index in [4.69, 9.17) is 15.4 Å². The third kappa shape index (κ3) is 7.90. The van der Waals surface area contributed by atoms with Gasteiger partial charge in [-0.15, -0.1) is 0 Å². The van der Waals surface area contributed by atoms with Crippen molar-refractivity contribution in [1.82, 2.24) is 0 Å². The molecule has 0 bridgehead atoms. The van der Waals surface area contributed by atoms with E-state index in [1.54, 1.807) is 12.1 Å². The van der Waals surface area contributed by atoms with Crippen molar-refractivity contribution in [1.29, 1.82) is 0 Å². The highest BCUT2D eigenvalue weighted by atomic mass is 16.4. The lowest BCUT2D eigenvalue weighted by Crippen LogP contribution is -1.78. The summed E-state index contributed by atoms with van der Waals surface area (Å²) in [7, 11) is 0. The van der Waals surface area contributed by atoms with Crippen LogP contribution in [0.1, 0.15) is 6.92 Å². The van der Waals surface area contributed by atoms with E-state index in [2.05, 4.69) is 10.0 Å². The first kappa shape index (κ1) is 11.0. The number of carboxylic acids is 1. The molecule has 13 heavy (non-hydrogen) atoms. The molecule has 0 saturated carbocycles. The van der Waals surface area contributed by atoms with Crippen LogP contribution in [-0.4, -0.2) is 11.1 Å². The fraction of sp³-hybridized carbons (Fsp3) is 0.125. The quantitative estimate of drug-likeness (QED) is 0.408. The van der Waals surface area contributed by atoms with Crippen LogP contribution in [0.25, 0.3) is 10.4 Å². The third-order valence-corrected chi connectivity index (χ3v) is 0.916. The lowest BCUT2D eigenvalue weighted by atomic mass is 10.3. The van der Waals surface area contributed by atoms with Gasteiger partial charge >= 0.3 is 0 Å². The number of hydrogen-bond donors (Lipinski definition) is 1. The van der Waals surface area contributed by atoms with Gasteiger partial charge in [0.2, 0.25) is 0 Å². The molecule has 0 radical (unpaired) electrons. The van der Waals surface area contributed by atoms with E-state index in [0.29, 0.717) is 5.69 Å². The van der Waals surface area contributed by atoms with Crippen LogP contribution in [0, 0.1) is 0 Å². The minimum Gasteiger partial charge on any atom is -0.481 e. The molecule has 68 valence electrons. The average Bonchev–Trinajstić information content (AvgIpc) is 2.06. The monoisotopic (exact) mass is 179 g/mol. The molecule has 1 N–H and O–H groups in total. The van der Waals surface area contributed by atoms with Gasteiger partial charge in [-0.1, -0.05) is 35.4 Å². The normalized spacial score (nSPS) is 7.46. The largest absolute Gasteiger partial charge is 0.481 e. The van der Waals surface area contributed by atoms with Crippen LogP contribution in [0.3, 0.4) is 0 Å². The Morgan fingerprint density at radius 3 is 2.31 bits per heavy atom. The summed E-state index contributed by atoms with van der Waals surface area (Å²) in [6, 6.07) is 9.02. The second-order valence-corrected chi connectivity index (χ2v) is 2.04. The number of hydrogen-bond acceptors (Lipinski definition) is 2. The topological polar surface area (TPSA) is 86.1 Å². The Balaban J connectivity index is 0.000000310. The van der Waals surface area contributed by atoms with E-state index < -0.39 is 5.97 Å². The Hall–Kier alpha value is -2.00. The minimum absolute atomic E-state index is 0.653. The zero-order chi connectivity index (χ0) is 10.1. The van der Waals surface area contributed by atoms with Crippen LogP contribution in [0.4, 0.5) is 5.69 Å². The summed E-state index contributed by atoms with van der Waals surface area (Å²) in [4.78, 5) is 11.6. The van der Waals surface area contributed by atoms with E-state index >= 15 is 0 Å². The summed E-state index contributed by atoms with van der Waals surface area (Å²) in [5.41, 5.74) is 8.63. The Bertz CT molecular complexity index is 300. The van der Waals surface area contributed by atoms with Gasteiger partial charge in [-0.2, -0.15) is 0 Å².